The second-order valence-electron chi connectivity index (χ2n) is 3.42. The Kier molecular flexibility index (Phi) is 4.89. The van der Waals surface area contributed by atoms with E-state index in [1.54, 1.807) is 17.8 Å². The summed E-state index contributed by atoms with van der Waals surface area (Å²) in [4.78, 5) is 10.1. The van der Waals surface area contributed by atoms with Crippen molar-refractivity contribution in [3.05, 3.63) is 33.3 Å². The fraction of sp³-hybridized carbons (Fsp3) is 0.400. The van der Waals surface area contributed by atoms with Gasteiger partial charge in [-0.05, 0) is 19.2 Å². The molecular formula is C10H13ClN2O2S. The number of non-ortho nitro benzene ring substituents is 1. The Labute approximate surface area is 104 Å². The summed E-state index contributed by atoms with van der Waals surface area (Å²) in [6, 6.07) is 4.71. The van der Waals surface area contributed by atoms with E-state index in [2.05, 4.69) is 5.32 Å². The molecule has 4 nitrogen and oxygen atoms in total. The maximum atomic E-state index is 10.5. The zero-order valence-electron chi connectivity index (χ0n) is 9.07. The zero-order valence-corrected chi connectivity index (χ0v) is 10.6. The number of nitrogens with one attached hydrogen (secondary N) is 1. The maximum absolute atomic E-state index is 10.5. The summed E-state index contributed by atoms with van der Waals surface area (Å²) < 4.78 is 0. The van der Waals surface area contributed by atoms with E-state index in [9.17, 15) is 10.1 Å². The van der Waals surface area contributed by atoms with E-state index in [-0.39, 0.29) is 11.7 Å². The van der Waals surface area contributed by atoms with Crippen LogP contribution in [-0.2, 0) is 0 Å². The number of hydrogen-bond donors (Lipinski definition) is 1. The molecule has 0 heterocycles. The van der Waals surface area contributed by atoms with Gasteiger partial charge in [0.05, 0.1) is 15.6 Å². The number of nitro benzene ring substituents is 1. The molecule has 0 bridgehead atoms. The first-order valence-corrected chi connectivity index (χ1v) is 6.51. The van der Waals surface area contributed by atoms with Crippen LogP contribution in [0.3, 0.4) is 0 Å². The van der Waals surface area contributed by atoms with Crippen molar-refractivity contribution in [2.24, 2.45) is 0 Å². The Hall–Kier alpha value is -0.940. The first-order valence-electron chi connectivity index (χ1n) is 4.74. The van der Waals surface area contributed by atoms with Crippen LogP contribution >= 0.6 is 23.4 Å². The van der Waals surface area contributed by atoms with Gasteiger partial charge in [-0.25, -0.2) is 0 Å². The summed E-state index contributed by atoms with van der Waals surface area (Å²) in [6.45, 7) is 2.04. The van der Waals surface area contributed by atoms with Gasteiger partial charge in [0, 0.05) is 23.9 Å². The number of nitro groups is 1. The molecule has 0 spiro atoms. The molecule has 0 aliphatic carbocycles. The number of anilines is 1. The summed E-state index contributed by atoms with van der Waals surface area (Å²) in [7, 11) is 0. The molecular weight excluding hydrogens is 248 g/mol. The standard InChI is InChI=1S/C10H13ClN2O2S/c1-7(6-16-2)12-10-4-3-8(13(14)15)5-9(10)11/h3-5,7,12H,6H2,1-2H3. The average Bonchev–Trinajstić information content (AvgIpc) is 2.21. The predicted molar refractivity (Wildman–Crippen MR) is 69.6 cm³/mol. The minimum atomic E-state index is -0.457. The second kappa shape index (κ2) is 5.96. The molecule has 0 saturated heterocycles. The molecule has 0 fully saturated rings. The molecule has 0 radical (unpaired) electrons. The lowest BCUT2D eigenvalue weighted by Gasteiger charge is -2.14. The van der Waals surface area contributed by atoms with Crippen molar-refractivity contribution in [1.82, 2.24) is 0 Å². The number of thioether (sulfide) groups is 1. The Morgan fingerprint density at radius 1 is 1.62 bits per heavy atom. The lowest BCUT2D eigenvalue weighted by Crippen LogP contribution is -2.17. The molecule has 1 N–H and O–H groups in total. The van der Waals surface area contributed by atoms with E-state index in [1.165, 1.54) is 12.1 Å². The van der Waals surface area contributed by atoms with Crippen molar-refractivity contribution in [2.45, 2.75) is 13.0 Å². The van der Waals surface area contributed by atoms with Crippen LogP contribution in [0.2, 0.25) is 5.02 Å². The van der Waals surface area contributed by atoms with Crippen LogP contribution in [-0.4, -0.2) is 23.0 Å². The molecule has 1 rings (SSSR count). The Balaban J connectivity index is 2.79. The van der Waals surface area contributed by atoms with E-state index < -0.39 is 4.92 Å². The van der Waals surface area contributed by atoms with Gasteiger partial charge in [-0.2, -0.15) is 11.8 Å². The molecule has 0 amide bonds. The molecule has 88 valence electrons. The van der Waals surface area contributed by atoms with Gasteiger partial charge < -0.3 is 5.32 Å². The van der Waals surface area contributed by atoms with Crippen LogP contribution < -0.4 is 5.32 Å². The molecule has 0 saturated carbocycles. The number of benzene rings is 1. The van der Waals surface area contributed by atoms with E-state index >= 15 is 0 Å². The fourth-order valence-electron chi connectivity index (χ4n) is 1.29. The normalized spacial score (nSPS) is 12.2. The van der Waals surface area contributed by atoms with Crippen LogP contribution in [0, 0.1) is 10.1 Å². The Morgan fingerprint density at radius 3 is 2.81 bits per heavy atom. The Morgan fingerprint density at radius 2 is 2.31 bits per heavy atom. The van der Waals surface area contributed by atoms with Crippen molar-refractivity contribution in [1.29, 1.82) is 0 Å². The van der Waals surface area contributed by atoms with E-state index in [4.69, 9.17) is 11.6 Å². The molecule has 6 heteroatoms. The minimum absolute atomic E-state index is 0.00747. The molecule has 1 aromatic carbocycles. The Bertz CT molecular complexity index is 387. The first-order chi connectivity index (χ1) is 7.54. The largest absolute Gasteiger partial charge is 0.381 e. The third kappa shape index (κ3) is 3.57. The van der Waals surface area contributed by atoms with E-state index in [1.807, 2.05) is 13.2 Å². The van der Waals surface area contributed by atoms with Crippen LogP contribution in [0.4, 0.5) is 11.4 Å². The minimum Gasteiger partial charge on any atom is -0.381 e. The molecule has 0 aromatic heterocycles. The highest BCUT2D eigenvalue weighted by Gasteiger charge is 2.10. The fourth-order valence-corrected chi connectivity index (χ4v) is 2.10. The van der Waals surface area contributed by atoms with E-state index in [0.29, 0.717) is 5.02 Å². The van der Waals surface area contributed by atoms with Gasteiger partial charge in [0.25, 0.3) is 5.69 Å². The summed E-state index contributed by atoms with van der Waals surface area (Å²) in [5, 5.41) is 14.1. The molecule has 1 unspecified atom stereocenters. The van der Waals surface area contributed by atoms with Crippen LogP contribution in [0.1, 0.15) is 6.92 Å². The number of nitrogens with zero attached hydrogens (tertiary/aromatic N) is 1. The second-order valence-corrected chi connectivity index (χ2v) is 4.74. The molecule has 16 heavy (non-hydrogen) atoms. The molecule has 1 aromatic rings. The maximum Gasteiger partial charge on any atom is 0.271 e. The third-order valence-electron chi connectivity index (χ3n) is 1.98. The summed E-state index contributed by atoms with van der Waals surface area (Å²) in [5.41, 5.74) is 0.738. The first kappa shape index (κ1) is 13.1. The zero-order chi connectivity index (χ0) is 12.1. The van der Waals surface area contributed by atoms with Gasteiger partial charge in [-0.3, -0.25) is 10.1 Å². The van der Waals surface area contributed by atoms with Crippen molar-refractivity contribution >= 4 is 34.7 Å². The topological polar surface area (TPSA) is 55.2 Å². The lowest BCUT2D eigenvalue weighted by molar-refractivity contribution is -0.384. The summed E-state index contributed by atoms with van der Waals surface area (Å²) in [6.07, 6.45) is 2.02. The van der Waals surface area contributed by atoms with Crippen molar-refractivity contribution in [3.8, 4) is 0 Å². The number of hydrogen-bond acceptors (Lipinski definition) is 4. The monoisotopic (exact) mass is 260 g/mol. The van der Waals surface area contributed by atoms with Crippen molar-refractivity contribution in [3.63, 3.8) is 0 Å². The molecule has 0 aliphatic heterocycles. The highest BCUT2D eigenvalue weighted by molar-refractivity contribution is 7.98. The van der Waals surface area contributed by atoms with Gasteiger partial charge in [-0.1, -0.05) is 11.6 Å². The average molecular weight is 261 g/mol. The number of rotatable bonds is 5. The van der Waals surface area contributed by atoms with Gasteiger partial charge in [-0.15, -0.1) is 0 Å². The highest BCUT2D eigenvalue weighted by atomic mass is 35.5. The van der Waals surface area contributed by atoms with Gasteiger partial charge >= 0.3 is 0 Å². The van der Waals surface area contributed by atoms with E-state index in [0.717, 1.165) is 11.4 Å². The smallest absolute Gasteiger partial charge is 0.271 e. The summed E-state index contributed by atoms with van der Waals surface area (Å²) >= 11 is 7.67. The predicted octanol–water partition coefficient (Wildman–Crippen LogP) is 3.41. The van der Waals surface area contributed by atoms with Crippen LogP contribution in [0.15, 0.2) is 18.2 Å². The molecule has 1 atom stereocenters. The van der Waals surface area contributed by atoms with Crippen molar-refractivity contribution < 1.29 is 4.92 Å². The SMILES string of the molecule is CSCC(C)Nc1ccc([N+](=O)[O-])cc1Cl. The summed E-state index contributed by atoms with van der Waals surface area (Å²) in [5.74, 6) is 0.952. The van der Waals surface area contributed by atoms with Crippen molar-refractivity contribution in [2.75, 3.05) is 17.3 Å². The third-order valence-corrected chi connectivity index (χ3v) is 3.13. The van der Waals surface area contributed by atoms with Gasteiger partial charge in [0.1, 0.15) is 0 Å². The number of halogens is 1. The van der Waals surface area contributed by atoms with Gasteiger partial charge in [0.2, 0.25) is 0 Å². The highest BCUT2D eigenvalue weighted by Crippen LogP contribution is 2.27. The quantitative estimate of drug-likeness (QED) is 0.651. The molecule has 0 aliphatic rings. The van der Waals surface area contributed by atoms with Gasteiger partial charge in [0.15, 0.2) is 0 Å². The van der Waals surface area contributed by atoms with Crippen LogP contribution in [0.5, 0.6) is 0 Å². The van der Waals surface area contributed by atoms with Crippen LogP contribution in [0.25, 0.3) is 0 Å². The lowest BCUT2D eigenvalue weighted by atomic mass is 10.2.